The van der Waals surface area contributed by atoms with E-state index < -0.39 is 0 Å². The van der Waals surface area contributed by atoms with Gasteiger partial charge in [-0.05, 0) is 42.5 Å². The number of fused-ring (bicyclic) bond motifs is 2. The zero-order chi connectivity index (χ0) is 20.0. The number of para-hydroxylation sites is 1. The average molecular weight is 404 g/mol. The number of carbonyl (C=O) groups is 1. The maximum atomic E-state index is 13.5. The van der Waals surface area contributed by atoms with Crippen LogP contribution in [0.5, 0.6) is 0 Å². The van der Waals surface area contributed by atoms with E-state index in [4.69, 9.17) is 0 Å². The Morgan fingerprint density at radius 1 is 1.00 bits per heavy atom. The quantitative estimate of drug-likeness (QED) is 0.640. The van der Waals surface area contributed by atoms with Gasteiger partial charge in [0.1, 0.15) is 11.6 Å². The molecule has 2 aromatic carbocycles. The van der Waals surface area contributed by atoms with E-state index in [1.807, 2.05) is 48.7 Å². The second-order valence-electron chi connectivity index (χ2n) is 7.39. The molecule has 2 atom stereocenters. The number of benzene rings is 2. The van der Waals surface area contributed by atoms with E-state index in [-0.39, 0.29) is 23.2 Å². The second kappa shape index (κ2) is 7.12. The first-order chi connectivity index (χ1) is 14.2. The van der Waals surface area contributed by atoms with Crippen molar-refractivity contribution < 1.29 is 4.79 Å². The van der Waals surface area contributed by atoms with Gasteiger partial charge in [-0.25, -0.2) is 4.68 Å². The van der Waals surface area contributed by atoms with Gasteiger partial charge in [0.15, 0.2) is 0 Å². The van der Waals surface area contributed by atoms with Crippen molar-refractivity contribution in [2.24, 2.45) is 5.92 Å². The van der Waals surface area contributed by atoms with Gasteiger partial charge < -0.3 is 5.32 Å². The summed E-state index contributed by atoms with van der Waals surface area (Å²) in [5, 5.41) is 6.57. The monoisotopic (exact) mass is 403 g/mol. The van der Waals surface area contributed by atoms with Crippen LogP contribution < -0.4 is 10.9 Å². The molecule has 5 nitrogen and oxygen atoms in total. The third-order valence-corrected chi connectivity index (χ3v) is 6.51. The lowest BCUT2D eigenvalue weighted by atomic mass is 9.72. The normalized spacial score (nSPS) is 20.4. The summed E-state index contributed by atoms with van der Waals surface area (Å²) in [4.78, 5) is 27.5. The van der Waals surface area contributed by atoms with Crippen LogP contribution >= 0.6 is 11.8 Å². The van der Waals surface area contributed by atoms with Crippen molar-refractivity contribution in [3.63, 3.8) is 0 Å². The number of H-pyrrole nitrogens is 1. The van der Waals surface area contributed by atoms with E-state index >= 15 is 0 Å². The Morgan fingerprint density at radius 2 is 1.76 bits per heavy atom. The number of aromatic amines is 1. The molecule has 0 radical (unpaired) electrons. The highest BCUT2D eigenvalue weighted by molar-refractivity contribution is 7.98. The molecule has 0 bridgehead atoms. The van der Waals surface area contributed by atoms with Gasteiger partial charge in [-0.15, -0.1) is 11.8 Å². The minimum atomic E-state index is -0.343. The number of rotatable bonds is 3. The molecule has 2 N–H and O–H groups in total. The first-order valence-corrected chi connectivity index (χ1v) is 10.9. The van der Waals surface area contributed by atoms with Gasteiger partial charge in [-0.2, -0.15) is 0 Å². The van der Waals surface area contributed by atoms with Crippen molar-refractivity contribution >= 4 is 23.4 Å². The summed E-state index contributed by atoms with van der Waals surface area (Å²) in [5.41, 5.74) is 3.17. The van der Waals surface area contributed by atoms with Crippen molar-refractivity contribution in [1.29, 1.82) is 0 Å². The second-order valence-corrected chi connectivity index (χ2v) is 8.27. The van der Waals surface area contributed by atoms with Crippen LogP contribution in [0.1, 0.15) is 29.9 Å². The van der Waals surface area contributed by atoms with Gasteiger partial charge in [0.25, 0.3) is 5.56 Å². The molecule has 3 aromatic rings. The van der Waals surface area contributed by atoms with Crippen LogP contribution in [-0.2, 0) is 4.79 Å². The van der Waals surface area contributed by atoms with E-state index in [0.29, 0.717) is 17.8 Å². The van der Waals surface area contributed by atoms with Gasteiger partial charge >= 0.3 is 0 Å². The molecule has 0 saturated carbocycles. The van der Waals surface area contributed by atoms with Crippen LogP contribution in [0.4, 0.5) is 5.82 Å². The van der Waals surface area contributed by atoms with E-state index in [1.165, 1.54) is 0 Å². The van der Waals surface area contributed by atoms with Crippen molar-refractivity contribution in [2.45, 2.75) is 23.7 Å². The summed E-state index contributed by atoms with van der Waals surface area (Å²) < 4.78 is 1.56. The van der Waals surface area contributed by atoms with Crippen molar-refractivity contribution in [2.75, 3.05) is 11.6 Å². The van der Waals surface area contributed by atoms with Gasteiger partial charge in [0.2, 0.25) is 0 Å². The number of ketones is 1. The first-order valence-electron chi connectivity index (χ1n) is 9.71. The molecular formula is C23H21N3O2S. The van der Waals surface area contributed by atoms with Crippen LogP contribution in [0.25, 0.3) is 5.69 Å². The van der Waals surface area contributed by atoms with Crippen molar-refractivity contribution in [3.8, 4) is 5.69 Å². The highest BCUT2D eigenvalue weighted by Gasteiger charge is 2.42. The molecular weight excluding hydrogens is 382 g/mol. The lowest BCUT2D eigenvalue weighted by molar-refractivity contribution is -0.122. The predicted molar refractivity (Wildman–Crippen MR) is 116 cm³/mol. The molecule has 2 aliphatic rings. The molecule has 1 aliphatic heterocycles. The maximum Gasteiger partial charge on any atom is 0.277 e. The van der Waals surface area contributed by atoms with Crippen molar-refractivity contribution in [3.05, 3.63) is 87.9 Å². The Morgan fingerprint density at radius 3 is 2.48 bits per heavy atom. The molecule has 1 aliphatic carbocycles. The SMILES string of the molecule is CSc1ccc([C@H]2c3c([nH]n(-c4ccccc4)c3=O)NC3=CCCC(=O)[C@@H]32)cc1. The van der Waals surface area contributed by atoms with E-state index in [9.17, 15) is 9.59 Å². The number of nitrogens with one attached hydrogen (secondary N) is 2. The molecule has 2 heterocycles. The van der Waals surface area contributed by atoms with E-state index in [0.717, 1.165) is 28.3 Å². The fourth-order valence-corrected chi connectivity index (χ4v) is 4.80. The standard InChI is InChI=1S/C23H21N3O2S/c1-29-16-12-10-14(11-13-16)19-20-17(8-5-9-18(20)27)24-22-21(19)23(28)26(25-22)15-6-3-2-4-7-15/h2-4,6-8,10-13,19-20,24-25H,5,9H2,1H3/t19-,20-/m1/s1. The third kappa shape index (κ3) is 2.95. The highest BCUT2D eigenvalue weighted by atomic mass is 32.2. The highest BCUT2D eigenvalue weighted by Crippen LogP contribution is 2.45. The number of thioether (sulfide) groups is 1. The van der Waals surface area contributed by atoms with Crippen LogP contribution in [0.2, 0.25) is 0 Å². The first kappa shape index (κ1) is 18.1. The van der Waals surface area contributed by atoms with Crippen LogP contribution in [-0.4, -0.2) is 21.8 Å². The Labute approximate surface area is 172 Å². The fraction of sp³-hybridized carbons (Fsp3) is 0.217. The van der Waals surface area contributed by atoms with Crippen molar-refractivity contribution in [1.82, 2.24) is 9.78 Å². The number of nitrogens with zero attached hydrogens (tertiary/aromatic N) is 1. The molecule has 6 heteroatoms. The number of allylic oxidation sites excluding steroid dienone is 2. The zero-order valence-corrected chi connectivity index (χ0v) is 16.8. The van der Waals surface area contributed by atoms with Gasteiger partial charge in [0.05, 0.1) is 17.2 Å². The molecule has 0 spiro atoms. The summed E-state index contributed by atoms with van der Waals surface area (Å²) in [5.74, 6) is 0.223. The van der Waals surface area contributed by atoms with Gasteiger partial charge in [0, 0.05) is 22.9 Å². The molecule has 0 unspecified atom stereocenters. The number of Topliss-reactive ketones (excluding diaryl/α,β-unsaturated/α-hetero) is 1. The van der Waals surface area contributed by atoms with Crippen LogP contribution in [0.15, 0.2) is 76.1 Å². The number of carbonyl (C=O) groups excluding carboxylic acids is 1. The Bertz CT molecular complexity index is 1160. The Hall–Kier alpha value is -2.99. The smallest absolute Gasteiger partial charge is 0.277 e. The number of anilines is 1. The Kier molecular flexibility index (Phi) is 4.43. The van der Waals surface area contributed by atoms with Crippen LogP contribution in [0.3, 0.4) is 0 Å². The van der Waals surface area contributed by atoms with Gasteiger partial charge in [-0.3, -0.25) is 14.7 Å². The summed E-state index contributed by atoms with van der Waals surface area (Å²) >= 11 is 1.67. The van der Waals surface area contributed by atoms with E-state index in [2.05, 4.69) is 28.6 Å². The molecule has 5 rings (SSSR count). The molecule has 146 valence electrons. The minimum absolute atomic E-state index is 0.116. The van der Waals surface area contributed by atoms with Gasteiger partial charge in [-0.1, -0.05) is 36.4 Å². The number of hydrogen-bond acceptors (Lipinski definition) is 4. The molecule has 0 saturated heterocycles. The average Bonchev–Trinajstić information content (AvgIpc) is 3.09. The maximum absolute atomic E-state index is 13.5. The molecule has 1 aromatic heterocycles. The Balaban J connectivity index is 1.72. The summed E-state index contributed by atoms with van der Waals surface area (Å²) in [6.45, 7) is 0. The topological polar surface area (TPSA) is 66.9 Å². The summed E-state index contributed by atoms with van der Waals surface area (Å²) in [7, 11) is 0. The van der Waals surface area contributed by atoms with Crippen LogP contribution in [0, 0.1) is 5.92 Å². The molecule has 0 amide bonds. The summed E-state index contributed by atoms with van der Waals surface area (Å²) in [6.07, 6.45) is 5.38. The number of hydrogen-bond donors (Lipinski definition) is 2. The molecule has 29 heavy (non-hydrogen) atoms. The lowest BCUT2D eigenvalue weighted by Gasteiger charge is -2.35. The zero-order valence-electron chi connectivity index (χ0n) is 16.0. The summed E-state index contributed by atoms with van der Waals surface area (Å²) in [6, 6.07) is 17.7. The third-order valence-electron chi connectivity index (χ3n) is 5.77. The largest absolute Gasteiger partial charge is 0.343 e. The fourth-order valence-electron chi connectivity index (χ4n) is 4.39. The minimum Gasteiger partial charge on any atom is -0.343 e. The van der Waals surface area contributed by atoms with E-state index in [1.54, 1.807) is 16.4 Å². The number of aromatic nitrogens is 2. The predicted octanol–water partition coefficient (Wildman–Crippen LogP) is 4.31. The molecule has 0 fully saturated rings. The lowest BCUT2D eigenvalue weighted by Crippen LogP contribution is -2.36.